The van der Waals surface area contributed by atoms with Crippen molar-refractivity contribution >= 4 is 16.9 Å². The van der Waals surface area contributed by atoms with Crippen molar-refractivity contribution in [3.05, 3.63) is 48.8 Å². The number of hydrogen-bond donors (Lipinski definition) is 1. The van der Waals surface area contributed by atoms with E-state index in [0.717, 1.165) is 48.8 Å². The fraction of sp³-hybridized carbons (Fsp3) is 0.333. The first kappa shape index (κ1) is 14.2. The van der Waals surface area contributed by atoms with Crippen LogP contribution in [0.5, 0.6) is 0 Å². The van der Waals surface area contributed by atoms with Crippen LogP contribution in [-0.4, -0.2) is 34.3 Å². The summed E-state index contributed by atoms with van der Waals surface area (Å²) in [6, 6.07) is 14.1. The van der Waals surface area contributed by atoms with Crippen molar-refractivity contribution < 1.29 is 4.74 Å². The molecular weight excluding hydrogens is 288 g/mol. The molecule has 5 heteroatoms. The van der Waals surface area contributed by atoms with Gasteiger partial charge in [0.2, 0.25) is 0 Å². The van der Waals surface area contributed by atoms with Crippen LogP contribution < -0.4 is 5.32 Å². The Kier molecular flexibility index (Phi) is 3.94. The fourth-order valence-electron chi connectivity index (χ4n) is 3.01. The van der Waals surface area contributed by atoms with E-state index in [-0.39, 0.29) is 0 Å². The molecule has 0 bridgehead atoms. The predicted octanol–water partition coefficient (Wildman–Crippen LogP) is 3.26. The van der Waals surface area contributed by atoms with E-state index in [0.29, 0.717) is 5.92 Å². The highest BCUT2D eigenvalue weighted by Gasteiger charge is 2.13. The summed E-state index contributed by atoms with van der Waals surface area (Å²) in [5.41, 5.74) is 2.05. The second kappa shape index (κ2) is 6.38. The van der Waals surface area contributed by atoms with Crippen LogP contribution >= 0.6 is 0 Å². The van der Waals surface area contributed by atoms with Gasteiger partial charge in [0, 0.05) is 13.2 Å². The molecule has 1 atom stereocenters. The molecule has 1 aliphatic rings. The van der Waals surface area contributed by atoms with Gasteiger partial charge in [-0.1, -0.05) is 18.2 Å². The smallest absolute Gasteiger partial charge is 0.140 e. The van der Waals surface area contributed by atoms with Crippen molar-refractivity contribution in [2.45, 2.75) is 12.8 Å². The number of hydrogen-bond acceptors (Lipinski definition) is 4. The van der Waals surface area contributed by atoms with E-state index >= 15 is 0 Å². The molecule has 1 saturated heterocycles. The Morgan fingerprint density at radius 1 is 1.17 bits per heavy atom. The lowest BCUT2D eigenvalue weighted by Gasteiger charge is -2.22. The van der Waals surface area contributed by atoms with Gasteiger partial charge in [-0.25, -0.2) is 9.97 Å². The molecule has 118 valence electrons. The molecule has 1 aliphatic heterocycles. The average molecular weight is 308 g/mol. The molecule has 0 radical (unpaired) electrons. The minimum atomic E-state index is 0.572. The number of para-hydroxylation sites is 2. The summed E-state index contributed by atoms with van der Waals surface area (Å²) >= 11 is 0. The third-order valence-corrected chi connectivity index (χ3v) is 4.26. The normalized spacial score (nSPS) is 18.2. The summed E-state index contributed by atoms with van der Waals surface area (Å²) in [6.07, 6.45) is 4.20. The first-order chi connectivity index (χ1) is 11.4. The second-order valence-electron chi connectivity index (χ2n) is 5.95. The standard InChI is InChI=1S/C18H20N4O/c1-2-7-16-15(6-1)20-13-22(16)18-9-3-8-17(21-18)19-11-14-5-4-10-23-12-14/h1-3,6-9,13-14H,4-5,10-12H2,(H,19,21). The number of ether oxygens (including phenoxy) is 1. The summed E-state index contributed by atoms with van der Waals surface area (Å²) in [4.78, 5) is 9.15. The van der Waals surface area contributed by atoms with Gasteiger partial charge in [-0.3, -0.25) is 4.57 Å². The molecule has 0 aliphatic carbocycles. The van der Waals surface area contributed by atoms with Gasteiger partial charge in [0.15, 0.2) is 0 Å². The SMILES string of the molecule is c1cc(NCC2CCCOC2)nc(-n2cnc3ccccc32)c1. The maximum atomic E-state index is 5.53. The number of anilines is 1. The van der Waals surface area contributed by atoms with E-state index < -0.39 is 0 Å². The van der Waals surface area contributed by atoms with Gasteiger partial charge >= 0.3 is 0 Å². The first-order valence-corrected chi connectivity index (χ1v) is 8.11. The average Bonchev–Trinajstić information content (AvgIpc) is 3.05. The van der Waals surface area contributed by atoms with Crippen molar-refractivity contribution in [1.29, 1.82) is 0 Å². The molecule has 0 saturated carbocycles. The minimum Gasteiger partial charge on any atom is -0.381 e. The van der Waals surface area contributed by atoms with Gasteiger partial charge in [0.05, 0.1) is 17.6 Å². The summed E-state index contributed by atoms with van der Waals surface area (Å²) in [5.74, 6) is 2.35. The highest BCUT2D eigenvalue weighted by Crippen LogP contribution is 2.18. The van der Waals surface area contributed by atoms with E-state index in [2.05, 4.69) is 16.4 Å². The molecular formula is C18H20N4O. The van der Waals surface area contributed by atoms with Crippen LogP contribution in [0.3, 0.4) is 0 Å². The molecule has 1 aromatic carbocycles. The van der Waals surface area contributed by atoms with Crippen LogP contribution in [0.15, 0.2) is 48.8 Å². The molecule has 4 rings (SSSR count). The van der Waals surface area contributed by atoms with Gasteiger partial charge in [0.1, 0.15) is 18.0 Å². The molecule has 1 fully saturated rings. The number of rotatable bonds is 4. The molecule has 0 spiro atoms. The summed E-state index contributed by atoms with van der Waals surface area (Å²) in [5, 5.41) is 3.44. The van der Waals surface area contributed by atoms with Crippen LogP contribution in [0.1, 0.15) is 12.8 Å². The van der Waals surface area contributed by atoms with Crippen molar-refractivity contribution in [3.8, 4) is 5.82 Å². The van der Waals surface area contributed by atoms with Crippen LogP contribution in [-0.2, 0) is 4.74 Å². The molecule has 2 aromatic heterocycles. The Hall–Kier alpha value is -2.40. The number of imidazole rings is 1. The van der Waals surface area contributed by atoms with E-state index in [1.54, 1.807) is 0 Å². The highest BCUT2D eigenvalue weighted by molar-refractivity contribution is 5.76. The van der Waals surface area contributed by atoms with E-state index in [9.17, 15) is 0 Å². The van der Waals surface area contributed by atoms with Gasteiger partial charge in [-0.2, -0.15) is 0 Å². The number of benzene rings is 1. The Balaban J connectivity index is 1.54. The minimum absolute atomic E-state index is 0.572. The molecule has 1 unspecified atom stereocenters. The highest BCUT2D eigenvalue weighted by atomic mass is 16.5. The molecule has 1 N–H and O–H groups in total. The van der Waals surface area contributed by atoms with Gasteiger partial charge in [-0.05, 0) is 43.0 Å². The fourth-order valence-corrected chi connectivity index (χ4v) is 3.01. The van der Waals surface area contributed by atoms with Crippen LogP contribution in [0, 0.1) is 5.92 Å². The topological polar surface area (TPSA) is 52.0 Å². The predicted molar refractivity (Wildman–Crippen MR) is 90.9 cm³/mol. The zero-order valence-corrected chi connectivity index (χ0v) is 13.0. The first-order valence-electron chi connectivity index (χ1n) is 8.11. The van der Waals surface area contributed by atoms with Crippen LogP contribution in [0.25, 0.3) is 16.9 Å². The largest absolute Gasteiger partial charge is 0.381 e. The molecule has 5 nitrogen and oxygen atoms in total. The third-order valence-electron chi connectivity index (χ3n) is 4.26. The van der Waals surface area contributed by atoms with Crippen LogP contribution in [0.2, 0.25) is 0 Å². The van der Waals surface area contributed by atoms with Crippen LogP contribution in [0.4, 0.5) is 5.82 Å². The Bertz CT molecular complexity index is 792. The monoisotopic (exact) mass is 308 g/mol. The lowest BCUT2D eigenvalue weighted by molar-refractivity contribution is 0.0595. The Labute approximate surface area is 135 Å². The van der Waals surface area contributed by atoms with Crippen molar-refractivity contribution in [2.24, 2.45) is 5.92 Å². The molecule has 3 heterocycles. The van der Waals surface area contributed by atoms with E-state index in [4.69, 9.17) is 9.72 Å². The van der Waals surface area contributed by atoms with Gasteiger partial charge in [0.25, 0.3) is 0 Å². The molecule has 3 aromatic rings. The number of fused-ring (bicyclic) bond motifs is 1. The quantitative estimate of drug-likeness (QED) is 0.804. The Morgan fingerprint density at radius 2 is 2.13 bits per heavy atom. The number of nitrogens with zero attached hydrogens (tertiary/aromatic N) is 3. The maximum absolute atomic E-state index is 5.53. The maximum Gasteiger partial charge on any atom is 0.140 e. The van der Waals surface area contributed by atoms with Crippen molar-refractivity contribution in [1.82, 2.24) is 14.5 Å². The summed E-state index contributed by atoms with van der Waals surface area (Å²) in [7, 11) is 0. The third kappa shape index (κ3) is 3.05. The number of nitrogens with one attached hydrogen (secondary N) is 1. The van der Waals surface area contributed by atoms with Gasteiger partial charge < -0.3 is 10.1 Å². The number of aromatic nitrogens is 3. The molecule has 0 amide bonds. The van der Waals surface area contributed by atoms with Gasteiger partial charge in [-0.15, -0.1) is 0 Å². The molecule has 23 heavy (non-hydrogen) atoms. The summed E-state index contributed by atoms with van der Waals surface area (Å²) in [6.45, 7) is 2.65. The van der Waals surface area contributed by atoms with E-state index in [1.807, 2.05) is 47.3 Å². The van der Waals surface area contributed by atoms with Crippen molar-refractivity contribution in [2.75, 3.05) is 25.1 Å². The lowest BCUT2D eigenvalue weighted by Crippen LogP contribution is -2.24. The zero-order valence-electron chi connectivity index (χ0n) is 13.0. The zero-order chi connectivity index (χ0) is 15.5. The van der Waals surface area contributed by atoms with E-state index in [1.165, 1.54) is 6.42 Å². The van der Waals surface area contributed by atoms with Crippen molar-refractivity contribution in [3.63, 3.8) is 0 Å². The Morgan fingerprint density at radius 3 is 3.04 bits per heavy atom. The second-order valence-corrected chi connectivity index (χ2v) is 5.95. The summed E-state index contributed by atoms with van der Waals surface area (Å²) < 4.78 is 7.55. The number of pyridine rings is 1. The lowest BCUT2D eigenvalue weighted by atomic mass is 10.0.